The van der Waals surface area contributed by atoms with Gasteiger partial charge in [0.1, 0.15) is 0 Å². The number of hydrogen-bond acceptors (Lipinski definition) is 4. The number of likely N-dealkylation sites (tertiary alicyclic amines) is 1. The Kier molecular flexibility index (Phi) is 3.17. The molecule has 20 heavy (non-hydrogen) atoms. The minimum absolute atomic E-state index is 0.0364. The molecule has 0 bridgehead atoms. The van der Waals surface area contributed by atoms with Crippen molar-refractivity contribution in [3.05, 3.63) is 30.4 Å². The van der Waals surface area contributed by atoms with Crippen molar-refractivity contribution in [3.63, 3.8) is 0 Å². The third-order valence-electron chi connectivity index (χ3n) is 3.91. The van der Waals surface area contributed by atoms with Crippen LogP contribution in [0.15, 0.2) is 24.8 Å². The van der Waals surface area contributed by atoms with Gasteiger partial charge in [-0.3, -0.25) is 9.78 Å². The Hall–Kier alpha value is -1.95. The van der Waals surface area contributed by atoms with Gasteiger partial charge in [0.15, 0.2) is 0 Å². The molecule has 0 radical (unpaired) electrons. The van der Waals surface area contributed by atoms with Crippen LogP contribution in [0, 0.1) is 0 Å². The molecule has 2 aromatic rings. The summed E-state index contributed by atoms with van der Waals surface area (Å²) in [6.07, 6.45) is 8.74. The smallest absolute Gasteiger partial charge is 0.257 e. The Morgan fingerprint density at radius 3 is 3.05 bits per heavy atom. The van der Waals surface area contributed by atoms with Gasteiger partial charge in [-0.25, -0.2) is 4.52 Å². The molecule has 1 atom stereocenters. The van der Waals surface area contributed by atoms with Gasteiger partial charge in [0.05, 0.1) is 29.1 Å². The zero-order chi connectivity index (χ0) is 14.2. The molecule has 1 unspecified atom stereocenters. The average molecular weight is 274 g/mol. The topological polar surface area (TPSA) is 70.7 Å². The van der Waals surface area contributed by atoms with Gasteiger partial charge in [0.2, 0.25) is 0 Å². The van der Waals surface area contributed by atoms with E-state index in [9.17, 15) is 9.90 Å². The highest BCUT2D eigenvalue weighted by atomic mass is 16.3. The van der Waals surface area contributed by atoms with Gasteiger partial charge in [-0.15, -0.1) is 0 Å². The van der Waals surface area contributed by atoms with E-state index in [0.29, 0.717) is 30.6 Å². The molecule has 3 heterocycles. The summed E-state index contributed by atoms with van der Waals surface area (Å²) in [7, 11) is 0. The molecule has 3 rings (SSSR count). The first-order valence-electron chi connectivity index (χ1n) is 6.86. The van der Waals surface area contributed by atoms with Crippen molar-refractivity contribution in [1.82, 2.24) is 19.5 Å². The molecule has 0 spiro atoms. The SMILES string of the molecule is CC1(O)CCCN(C(=O)c2cnn3ccncc23)CC1. The molecule has 2 aromatic heterocycles. The molecule has 106 valence electrons. The van der Waals surface area contributed by atoms with Crippen molar-refractivity contribution in [1.29, 1.82) is 0 Å². The third kappa shape index (κ3) is 2.38. The van der Waals surface area contributed by atoms with Crippen LogP contribution in [-0.4, -0.2) is 49.2 Å². The maximum Gasteiger partial charge on any atom is 0.257 e. The van der Waals surface area contributed by atoms with Gasteiger partial charge in [0, 0.05) is 25.5 Å². The predicted molar refractivity (Wildman–Crippen MR) is 73.4 cm³/mol. The molecule has 0 saturated carbocycles. The fourth-order valence-corrected chi connectivity index (χ4v) is 2.64. The number of carbonyl (C=O) groups excluding carboxylic acids is 1. The summed E-state index contributed by atoms with van der Waals surface area (Å²) < 4.78 is 1.65. The van der Waals surface area contributed by atoms with Crippen molar-refractivity contribution in [2.24, 2.45) is 0 Å². The van der Waals surface area contributed by atoms with Crippen LogP contribution in [0.2, 0.25) is 0 Å². The van der Waals surface area contributed by atoms with Gasteiger partial charge in [0.25, 0.3) is 5.91 Å². The minimum atomic E-state index is -0.669. The molecule has 1 fully saturated rings. The Bertz CT molecular complexity index is 635. The second-order valence-corrected chi connectivity index (χ2v) is 5.61. The lowest BCUT2D eigenvalue weighted by molar-refractivity contribution is 0.0438. The maximum atomic E-state index is 12.6. The lowest BCUT2D eigenvalue weighted by Crippen LogP contribution is -2.33. The number of fused-ring (bicyclic) bond motifs is 1. The van der Waals surface area contributed by atoms with Crippen molar-refractivity contribution < 1.29 is 9.90 Å². The van der Waals surface area contributed by atoms with Gasteiger partial charge < -0.3 is 10.0 Å². The Morgan fingerprint density at radius 2 is 2.20 bits per heavy atom. The Morgan fingerprint density at radius 1 is 1.35 bits per heavy atom. The summed E-state index contributed by atoms with van der Waals surface area (Å²) in [5.41, 5.74) is 0.616. The average Bonchev–Trinajstić information content (AvgIpc) is 2.77. The monoisotopic (exact) mass is 274 g/mol. The summed E-state index contributed by atoms with van der Waals surface area (Å²) in [5, 5.41) is 14.3. The Balaban J connectivity index is 1.85. The first-order valence-corrected chi connectivity index (χ1v) is 6.86. The van der Waals surface area contributed by atoms with Crippen LogP contribution >= 0.6 is 0 Å². The lowest BCUT2D eigenvalue weighted by atomic mass is 9.98. The van der Waals surface area contributed by atoms with Gasteiger partial charge in [-0.2, -0.15) is 5.10 Å². The molecule has 1 saturated heterocycles. The standard InChI is InChI=1S/C14H18N4O2/c1-14(20)3-2-6-17(7-4-14)13(19)11-9-16-18-8-5-15-10-12(11)18/h5,8-10,20H,2-4,6-7H2,1H3. The van der Waals surface area contributed by atoms with Crippen LogP contribution < -0.4 is 0 Å². The first-order chi connectivity index (χ1) is 9.57. The van der Waals surface area contributed by atoms with Crippen LogP contribution in [0.1, 0.15) is 36.5 Å². The number of aromatic nitrogens is 3. The van der Waals surface area contributed by atoms with Gasteiger partial charge in [-0.1, -0.05) is 0 Å². The largest absolute Gasteiger partial charge is 0.390 e. The van der Waals surface area contributed by atoms with E-state index in [2.05, 4.69) is 10.1 Å². The molecule has 6 nitrogen and oxygen atoms in total. The number of nitrogens with zero attached hydrogens (tertiary/aromatic N) is 4. The molecule has 0 aromatic carbocycles. The molecule has 1 N–H and O–H groups in total. The van der Waals surface area contributed by atoms with E-state index in [-0.39, 0.29) is 5.91 Å². The second kappa shape index (κ2) is 4.86. The summed E-state index contributed by atoms with van der Waals surface area (Å²) >= 11 is 0. The van der Waals surface area contributed by atoms with E-state index in [4.69, 9.17) is 0 Å². The number of carbonyl (C=O) groups is 1. The molecule has 0 aliphatic carbocycles. The van der Waals surface area contributed by atoms with Crippen molar-refractivity contribution in [3.8, 4) is 0 Å². The normalized spacial score (nSPS) is 23.8. The minimum Gasteiger partial charge on any atom is -0.390 e. The fraction of sp³-hybridized carbons (Fsp3) is 0.500. The maximum absolute atomic E-state index is 12.6. The number of rotatable bonds is 1. The van der Waals surface area contributed by atoms with E-state index in [1.165, 1.54) is 0 Å². The number of amides is 1. The zero-order valence-electron chi connectivity index (χ0n) is 11.5. The zero-order valence-corrected chi connectivity index (χ0v) is 11.5. The van der Waals surface area contributed by atoms with Crippen molar-refractivity contribution in [2.45, 2.75) is 31.8 Å². The highest BCUT2D eigenvalue weighted by Crippen LogP contribution is 2.23. The highest BCUT2D eigenvalue weighted by molar-refractivity contribution is 6.00. The number of hydrogen-bond donors (Lipinski definition) is 1. The highest BCUT2D eigenvalue weighted by Gasteiger charge is 2.28. The van der Waals surface area contributed by atoms with Crippen LogP contribution in [-0.2, 0) is 0 Å². The van der Waals surface area contributed by atoms with Gasteiger partial charge >= 0.3 is 0 Å². The lowest BCUT2D eigenvalue weighted by Gasteiger charge is -2.22. The van der Waals surface area contributed by atoms with Gasteiger partial charge in [-0.05, 0) is 26.2 Å². The molecule has 6 heteroatoms. The van der Waals surface area contributed by atoms with Crippen LogP contribution in [0.5, 0.6) is 0 Å². The number of aliphatic hydroxyl groups is 1. The van der Waals surface area contributed by atoms with Crippen molar-refractivity contribution in [2.75, 3.05) is 13.1 Å². The van der Waals surface area contributed by atoms with Crippen LogP contribution in [0.3, 0.4) is 0 Å². The molecule has 1 aliphatic heterocycles. The van der Waals surface area contributed by atoms with E-state index in [1.54, 1.807) is 34.2 Å². The fourth-order valence-electron chi connectivity index (χ4n) is 2.64. The molecule has 1 amide bonds. The molecular weight excluding hydrogens is 256 g/mol. The summed E-state index contributed by atoms with van der Waals surface area (Å²) in [6, 6.07) is 0. The van der Waals surface area contributed by atoms with E-state index in [1.807, 2.05) is 6.92 Å². The van der Waals surface area contributed by atoms with Crippen LogP contribution in [0.4, 0.5) is 0 Å². The van der Waals surface area contributed by atoms with Crippen molar-refractivity contribution >= 4 is 11.4 Å². The third-order valence-corrected chi connectivity index (χ3v) is 3.91. The summed E-state index contributed by atoms with van der Waals surface area (Å²) in [4.78, 5) is 18.4. The van der Waals surface area contributed by atoms with Crippen LogP contribution in [0.25, 0.3) is 5.52 Å². The quantitative estimate of drug-likeness (QED) is 0.845. The summed E-state index contributed by atoms with van der Waals surface area (Å²) in [6.45, 7) is 3.08. The second-order valence-electron chi connectivity index (χ2n) is 5.61. The summed E-state index contributed by atoms with van der Waals surface area (Å²) in [5.74, 6) is -0.0364. The van der Waals surface area contributed by atoms with E-state index < -0.39 is 5.60 Å². The molecular formula is C14H18N4O2. The predicted octanol–water partition coefficient (Wildman–Crippen LogP) is 1.11. The van der Waals surface area contributed by atoms with E-state index >= 15 is 0 Å². The van der Waals surface area contributed by atoms with E-state index in [0.717, 1.165) is 12.8 Å². The Labute approximate surface area is 117 Å². The molecule has 1 aliphatic rings. The first kappa shape index (κ1) is 13.1.